The van der Waals surface area contributed by atoms with Gasteiger partial charge in [0.25, 0.3) is 0 Å². The first-order valence-electron chi connectivity index (χ1n) is 4.75. The molecule has 1 aromatic rings. The summed E-state index contributed by atoms with van der Waals surface area (Å²) in [7, 11) is 0. The van der Waals surface area contributed by atoms with Gasteiger partial charge in [-0.3, -0.25) is 0 Å². The molecule has 0 saturated carbocycles. The predicted molar refractivity (Wildman–Crippen MR) is 68.4 cm³/mol. The molecule has 0 aliphatic carbocycles. The lowest BCUT2D eigenvalue weighted by Gasteiger charge is -2.15. The molecule has 0 amide bonds. The molecule has 1 unspecified atom stereocenters. The van der Waals surface area contributed by atoms with Crippen LogP contribution in [0.3, 0.4) is 0 Å². The zero-order chi connectivity index (χ0) is 9.68. The van der Waals surface area contributed by atoms with Crippen LogP contribution in [0.2, 0.25) is 0 Å². The maximum atomic E-state index is 3.52. The summed E-state index contributed by atoms with van der Waals surface area (Å²) in [4.78, 5) is 0. The van der Waals surface area contributed by atoms with Crippen molar-refractivity contribution in [3.8, 4) is 0 Å². The number of hydrogen-bond acceptors (Lipinski definition) is 2. The Bertz CT molecular complexity index is 241. The average Bonchev–Trinajstić information content (AvgIpc) is 2.51. The summed E-state index contributed by atoms with van der Waals surface area (Å²) in [5.41, 5.74) is 1.46. The Labute approximate surface area is 98.1 Å². The van der Waals surface area contributed by atoms with Gasteiger partial charge in [-0.1, -0.05) is 20.3 Å². The zero-order valence-corrected chi connectivity index (χ0v) is 11.1. The van der Waals surface area contributed by atoms with E-state index in [0.29, 0.717) is 6.04 Å². The summed E-state index contributed by atoms with van der Waals surface area (Å²) in [5, 5.41) is 5.79. The Hall–Kier alpha value is 0.390. The molecule has 1 atom stereocenters. The molecule has 0 aromatic carbocycles. The molecule has 0 aliphatic heterocycles. The van der Waals surface area contributed by atoms with Gasteiger partial charge in [-0.05, 0) is 52.6 Å². The maximum absolute atomic E-state index is 3.52. The third kappa shape index (κ3) is 3.56. The molecule has 1 heterocycles. The number of halogens is 1. The largest absolute Gasteiger partial charge is 0.310 e. The Morgan fingerprint density at radius 2 is 2.31 bits per heavy atom. The van der Waals surface area contributed by atoms with Crippen LogP contribution >= 0.6 is 33.9 Å². The molecule has 3 heteroatoms. The first-order valence-corrected chi connectivity index (χ1v) is 6.71. The van der Waals surface area contributed by atoms with Crippen LogP contribution in [-0.4, -0.2) is 6.54 Å². The minimum atomic E-state index is 0.565. The first kappa shape index (κ1) is 11.5. The lowest BCUT2D eigenvalue weighted by atomic mass is 10.1. The van der Waals surface area contributed by atoms with Crippen LogP contribution in [0.15, 0.2) is 11.4 Å². The average molecular weight is 309 g/mol. The molecule has 1 rings (SSSR count). The molecular formula is C10H16INS. The van der Waals surface area contributed by atoms with Crippen LogP contribution in [0.5, 0.6) is 0 Å². The van der Waals surface area contributed by atoms with Crippen molar-refractivity contribution in [2.24, 2.45) is 0 Å². The van der Waals surface area contributed by atoms with Crippen molar-refractivity contribution in [1.29, 1.82) is 0 Å². The van der Waals surface area contributed by atoms with Gasteiger partial charge in [0.2, 0.25) is 0 Å². The molecule has 1 nitrogen and oxygen atoms in total. The van der Waals surface area contributed by atoms with Crippen LogP contribution in [-0.2, 0) is 0 Å². The molecular weight excluding hydrogens is 293 g/mol. The van der Waals surface area contributed by atoms with Gasteiger partial charge < -0.3 is 5.32 Å². The van der Waals surface area contributed by atoms with E-state index < -0.39 is 0 Å². The van der Waals surface area contributed by atoms with E-state index >= 15 is 0 Å². The monoisotopic (exact) mass is 309 g/mol. The Morgan fingerprint density at radius 3 is 2.77 bits per heavy atom. The van der Waals surface area contributed by atoms with Gasteiger partial charge in [-0.2, -0.15) is 0 Å². The van der Waals surface area contributed by atoms with Crippen molar-refractivity contribution < 1.29 is 0 Å². The molecule has 0 saturated heterocycles. The van der Waals surface area contributed by atoms with Crippen molar-refractivity contribution >= 4 is 33.9 Å². The SMILES string of the molecule is CCCC(NCC)c1csc(I)c1. The molecule has 74 valence electrons. The highest BCUT2D eigenvalue weighted by molar-refractivity contribution is 14.1. The molecule has 0 aliphatic rings. The van der Waals surface area contributed by atoms with Crippen LogP contribution < -0.4 is 5.32 Å². The van der Waals surface area contributed by atoms with Crippen LogP contribution in [0.1, 0.15) is 38.3 Å². The summed E-state index contributed by atoms with van der Waals surface area (Å²) < 4.78 is 1.38. The second kappa shape index (κ2) is 5.98. The van der Waals surface area contributed by atoms with Crippen molar-refractivity contribution in [2.75, 3.05) is 6.54 Å². The van der Waals surface area contributed by atoms with Crippen molar-refractivity contribution in [2.45, 2.75) is 32.7 Å². The van der Waals surface area contributed by atoms with Gasteiger partial charge in [0.15, 0.2) is 0 Å². The highest BCUT2D eigenvalue weighted by Crippen LogP contribution is 2.25. The zero-order valence-electron chi connectivity index (χ0n) is 8.14. The number of nitrogens with one attached hydrogen (secondary N) is 1. The highest BCUT2D eigenvalue weighted by Gasteiger charge is 2.09. The lowest BCUT2D eigenvalue weighted by molar-refractivity contribution is 0.510. The Balaban J connectivity index is 2.63. The number of hydrogen-bond donors (Lipinski definition) is 1. The van der Waals surface area contributed by atoms with Gasteiger partial charge in [-0.15, -0.1) is 11.3 Å². The number of rotatable bonds is 5. The predicted octanol–water partition coefficient (Wildman–Crippen LogP) is 3.80. The van der Waals surface area contributed by atoms with E-state index in [1.54, 1.807) is 0 Å². The summed E-state index contributed by atoms with van der Waals surface area (Å²) >= 11 is 4.21. The molecule has 0 radical (unpaired) electrons. The fourth-order valence-corrected chi connectivity index (χ4v) is 2.85. The molecule has 1 aromatic heterocycles. The van der Waals surface area contributed by atoms with E-state index in [4.69, 9.17) is 0 Å². The quantitative estimate of drug-likeness (QED) is 0.816. The fourth-order valence-electron chi connectivity index (χ4n) is 1.43. The Morgan fingerprint density at radius 1 is 1.54 bits per heavy atom. The second-order valence-corrected chi connectivity index (χ2v) is 5.89. The van der Waals surface area contributed by atoms with Crippen LogP contribution in [0.4, 0.5) is 0 Å². The second-order valence-electron chi connectivity index (χ2n) is 3.08. The summed E-state index contributed by atoms with van der Waals surface area (Å²) in [5.74, 6) is 0. The van der Waals surface area contributed by atoms with Crippen molar-refractivity contribution in [3.05, 3.63) is 19.9 Å². The standard InChI is InChI=1S/C10H16INS/c1-3-5-9(12-4-2)8-6-10(11)13-7-8/h6-7,9,12H,3-5H2,1-2H3. The number of thiophene rings is 1. The summed E-state index contributed by atoms with van der Waals surface area (Å²) in [6, 6.07) is 2.85. The molecule has 1 N–H and O–H groups in total. The van der Waals surface area contributed by atoms with E-state index in [0.717, 1.165) is 6.54 Å². The van der Waals surface area contributed by atoms with E-state index in [2.05, 4.69) is 53.2 Å². The first-order chi connectivity index (χ1) is 6.27. The van der Waals surface area contributed by atoms with E-state index in [1.165, 1.54) is 21.3 Å². The topological polar surface area (TPSA) is 12.0 Å². The third-order valence-corrected chi connectivity index (χ3v) is 3.83. The summed E-state index contributed by atoms with van der Waals surface area (Å²) in [6.07, 6.45) is 2.48. The van der Waals surface area contributed by atoms with Gasteiger partial charge in [-0.25, -0.2) is 0 Å². The lowest BCUT2D eigenvalue weighted by Crippen LogP contribution is -2.20. The van der Waals surface area contributed by atoms with E-state index in [-0.39, 0.29) is 0 Å². The van der Waals surface area contributed by atoms with Crippen molar-refractivity contribution in [1.82, 2.24) is 5.32 Å². The van der Waals surface area contributed by atoms with Gasteiger partial charge >= 0.3 is 0 Å². The van der Waals surface area contributed by atoms with E-state index in [9.17, 15) is 0 Å². The molecule has 0 fully saturated rings. The van der Waals surface area contributed by atoms with Gasteiger partial charge in [0.1, 0.15) is 0 Å². The summed E-state index contributed by atoms with van der Waals surface area (Å²) in [6.45, 7) is 5.46. The van der Waals surface area contributed by atoms with E-state index in [1.807, 2.05) is 11.3 Å². The van der Waals surface area contributed by atoms with Crippen LogP contribution in [0.25, 0.3) is 0 Å². The highest BCUT2D eigenvalue weighted by atomic mass is 127. The maximum Gasteiger partial charge on any atom is 0.0656 e. The molecule has 0 spiro atoms. The van der Waals surface area contributed by atoms with Crippen LogP contribution in [0, 0.1) is 2.88 Å². The minimum absolute atomic E-state index is 0.565. The van der Waals surface area contributed by atoms with Gasteiger partial charge in [0, 0.05) is 6.04 Å². The minimum Gasteiger partial charge on any atom is -0.310 e. The Kier molecular flexibility index (Phi) is 5.28. The smallest absolute Gasteiger partial charge is 0.0656 e. The van der Waals surface area contributed by atoms with Crippen molar-refractivity contribution in [3.63, 3.8) is 0 Å². The normalized spacial score (nSPS) is 13.2. The molecule has 0 bridgehead atoms. The van der Waals surface area contributed by atoms with Gasteiger partial charge in [0.05, 0.1) is 2.88 Å². The fraction of sp³-hybridized carbons (Fsp3) is 0.600. The third-order valence-electron chi connectivity index (χ3n) is 2.02. The molecule has 13 heavy (non-hydrogen) atoms.